The molecule has 166 valence electrons. The zero-order valence-corrected chi connectivity index (χ0v) is 17.9. The van der Waals surface area contributed by atoms with Crippen molar-refractivity contribution in [2.75, 3.05) is 11.9 Å². The van der Waals surface area contributed by atoms with E-state index in [4.69, 9.17) is 4.74 Å². The van der Waals surface area contributed by atoms with Gasteiger partial charge >= 0.3 is 5.69 Å². The first-order valence-electron chi connectivity index (χ1n) is 10.8. The molecule has 1 aromatic carbocycles. The summed E-state index contributed by atoms with van der Waals surface area (Å²) >= 11 is 0. The number of hydrogen-bond acceptors (Lipinski definition) is 6. The molecular weight excluding hydrogens is 398 g/mol. The number of nitrogens with one attached hydrogen (secondary N) is 2. The molecule has 0 aliphatic heterocycles. The average Bonchev–Trinajstić information content (AvgIpc) is 3.11. The van der Waals surface area contributed by atoms with Gasteiger partial charge in [0.15, 0.2) is 11.2 Å². The second-order valence-corrected chi connectivity index (χ2v) is 8.29. The standard InChI is InChI=1S/C22H29N5O4/c1-14-8-10-17(11-9-14)31-13-16(28)12-27-18-19(26(2)22(30)25-20(18)29)24-21(27)23-15-6-4-3-5-7-15/h8-11,15-16,28H,3-7,12-13H2,1-2H3,(H,23,24)(H,25,29,30)/t16-/m1/s1. The van der Waals surface area contributed by atoms with E-state index in [-0.39, 0.29) is 24.7 Å². The van der Waals surface area contributed by atoms with Crippen LogP contribution in [0, 0.1) is 6.92 Å². The molecule has 2 heterocycles. The lowest BCUT2D eigenvalue weighted by molar-refractivity contribution is 0.0938. The van der Waals surface area contributed by atoms with Crippen molar-refractivity contribution < 1.29 is 9.84 Å². The number of aliphatic hydroxyl groups excluding tert-OH is 1. The fourth-order valence-corrected chi connectivity index (χ4v) is 4.04. The molecule has 0 unspecified atom stereocenters. The maximum Gasteiger partial charge on any atom is 0.329 e. The van der Waals surface area contributed by atoms with Crippen molar-refractivity contribution in [2.45, 2.75) is 57.7 Å². The van der Waals surface area contributed by atoms with Crippen molar-refractivity contribution >= 4 is 17.1 Å². The Kier molecular flexibility index (Phi) is 6.13. The van der Waals surface area contributed by atoms with Crippen molar-refractivity contribution in [3.8, 4) is 5.75 Å². The van der Waals surface area contributed by atoms with Crippen molar-refractivity contribution in [1.29, 1.82) is 0 Å². The minimum Gasteiger partial charge on any atom is -0.491 e. The number of aryl methyl sites for hydroxylation is 2. The van der Waals surface area contributed by atoms with Crippen molar-refractivity contribution in [3.05, 3.63) is 50.7 Å². The minimum absolute atomic E-state index is 0.0648. The molecule has 0 spiro atoms. The average molecular weight is 428 g/mol. The van der Waals surface area contributed by atoms with Crippen LogP contribution in [0.2, 0.25) is 0 Å². The molecular formula is C22H29N5O4. The molecule has 0 radical (unpaired) electrons. The maximum absolute atomic E-state index is 12.6. The summed E-state index contributed by atoms with van der Waals surface area (Å²) in [6.45, 7) is 2.17. The lowest BCUT2D eigenvalue weighted by atomic mass is 9.96. The quantitative estimate of drug-likeness (QED) is 0.531. The summed E-state index contributed by atoms with van der Waals surface area (Å²) in [5.41, 5.74) is 0.637. The van der Waals surface area contributed by atoms with Crippen LogP contribution in [0.3, 0.4) is 0 Å². The molecule has 31 heavy (non-hydrogen) atoms. The van der Waals surface area contributed by atoms with Crippen LogP contribution in [-0.4, -0.2) is 43.0 Å². The van der Waals surface area contributed by atoms with E-state index in [0.29, 0.717) is 17.3 Å². The van der Waals surface area contributed by atoms with E-state index in [2.05, 4.69) is 15.3 Å². The third-order valence-corrected chi connectivity index (χ3v) is 5.80. The Morgan fingerprint density at radius 3 is 2.65 bits per heavy atom. The topological polar surface area (TPSA) is 114 Å². The number of aliphatic hydroxyl groups is 1. The Morgan fingerprint density at radius 2 is 1.94 bits per heavy atom. The van der Waals surface area contributed by atoms with Crippen LogP contribution >= 0.6 is 0 Å². The van der Waals surface area contributed by atoms with Crippen molar-refractivity contribution in [2.24, 2.45) is 7.05 Å². The van der Waals surface area contributed by atoms with Gasteiger partial charge in [0.25, 0.3) is 5.56 Å². The molecule has 4 rings (SSSR count). The second kappa shape index (κ2) is 8.97. The number of rotatable bonds is 7. The number of H-pyrrole nitrogens is 1. The molecule has 0 amide bonds. The van der Waals surface area contributed by atoms with E-state index >= 15 is 0 Å². The van der Waals surface area contributed by atoms with E-state index in [1.54, 1.807) is 11.6 Å². The number of benzene rings is 1. The van der Waals surface area contributed by atoms with Gasteiger partial charge in [-0.15, -0.1) is 0 Å². The molecule has 9 nitrogen and oxygen atoms in total. The van der Waals surface area contributed by atoms with Gasteiger partial charge in [-0.2, -0.15) is 4.98 Å². The first-order valence-corrected chi connectivity index (χ1v) is 10.8. The molecule has 1 saturated carbocycles. The number of anilines is 1. The Balaban J connectivity index is 1.61. The molecule has 3 aromatic rings. The number of aromatic nitrogens is 4. The third-order valence-electron chi connectivity index (χ3n) is 5.80. The van der Waals surface area contributed by atoms with Gasteiger partial charge in [-0.1, -0.05) is 37.0 Å². The Hall–Kier alpha value is -3.07. The number of fused-ring (bicyclic) bond motifs is 1. The van der Waals surface area contributed by atoms with Gasteiger partial charge in [0.05, 0.1) is 6.54 Å². The predicted molar refractivity (Wildman–Crippen MR) is 119 cm³/mol. The van der Waals surface area contributed by atoms with Crippen molar-refractivity contribution in [3.63, 3.8) is 0 Å². The molecule has 3 N–H and O–H groups in total. The lowest BCUT2D eigenvalue weighted by Gasteiger charge is -2.24. The Morgan fingerprint density at radius 1 is 1.23 bits per heavy atom. The predicted octanol–water partition coefficient (Wildman–Crippen LogP) is 1.92. The number of aromatic amines is 1. The first kappa shape index (κ1) is 21.2. The van der Waals surface area contributed by atoms with E-state index in [1.807, 2.05) is 31.2 Å². The molecule has 1 atom stereocenters. The Labute approximate surface area is 179 Å². The Bertz CT molecular complexity index is 1160. The van der Waals surface area contributed by atoms with Gasteiger partial charge in [-0.3, -0.25) is 14.3 Å². The van der Waals surface area contributed by atoms with Crippen molar-refractivity contribution in [1.82, 2.24) is 19.1 Å². The highest BCUT2D eigenvalue weighted by Crippen LogP contribution is 2.23. The van der Waals surface area contributed by atoms with E-state index in [1.165, 1.54) is 11.0 Å². The molecule has 0 bridgehead atoms. The SMILES string of the molecule is Cc1ccc(OC[C@H](O)Cn2c(NC3CCCCC3)nc3c2c(=O)[nH]c(=O)n3C)cc1. The molecule has 0 saturated heterocycles. The van der Waals surface area contributed by atoms with E-state index in [0.717, 1.165) is 31.2 Å². The maximum atomic E-state index is 12.6. The van der Waals surface area contributed by atoms with Crippen LogP contribution in [0.5, 0.6) is 5.75 Å². The van der Waals surface area contributed by atoms with Gasteiger partial charge in [0.1, 0.15) is 18.5 Å². The van der Waals surface area contributed by atoms with Crippen LogP contribution in [0.15, 0.2) is 33.9 Å². The summed E-state index contributed by atoms with van der Waals surface area (Å²) in [6.07, 6.45) is 4.68. The minimum atomic E-state index is -0.873. The first-order chi connectivity index (χ1) is 14.9. The summed E-state index contributed by atoms with van der Waals surface area (Å²) in [4.78, 5) is 31.5. The van der Waals surface area contributed by atoms with Gasteiger partial charge < -0.3 is 19.7 Å². The zero-order valence-electron chi connectivity index (χ0n) is 17.9. The fourth-order valence-electron chi connectivity index (χ4n) is 4.04. The van der Waals surface area contributed by atoms with E-state index in [9.17, 15) is 14.7 Å². The summed E-state index contributed by atoms with van der Waals surface area (Å²) in [7, 11) is 1.57. The number of imidazole rings is 1. The molecule has 1 aliphatic rings. The number of nitrogens with zero attached hydrogens (tertiary/aromatic N) is 3. The van der Waals surface area contributed by atoms with Crippen LogP contribution in [0.1, 0.15) is 37.7 Å². The van der Waals surface area contributed by atoms with Gasteiger partial charge in [0, 0.05) is 13.1 Å². The molecule has 2 aromatic heterocycles. The second-order valence-electron chi connectivity index (χ2n) is 8.29. The van der Waals surface area contributed by atoms with Crippen LogP contribution in [0.4, 0.5) is 5.95 Å². The summed E-state index contributed by atoms with van der Waals surface area (Å²) in [6, 6.07) is 7.84. The highest BCUT2D eigenvalue weighted by atomic mass is 16.5. The summed E-state index contributed by atoms with van der Waals surface area (Å²) in [5, 5.41) is 14.1. The smallest absolute Gasteiger partial charge is 0.329 e. The van der Waals surface area contributed by atoms with E-state index < -0.39 is 17.4 Å². The lowest BCUT2D eigenvalue weighted by Crippen LogP contribution is -2.31. The fraction of sp³-hybridized carbons (Fsp3) is 0.500. The normalized spacial score (nSPS) is 15.8. The molecule has 1 fully saturated rings. The van der Waals surface area contributed by atoms with Gasteiger partial charge in [-0.05, 0) is 31.9 Å². The van der Waals surface area contributed by atoms with Crippen LogP contribution in [-0.2, 0) is 13.6 Å². The van der Waals surface area contributed by atoms with Gasteiger partial charge in [0.2, 0.25) is 5.95 Å². The monoisotopic (exact) mass is 427 g/mol. The molecule has 9 heteroatoms. The summed E-state index contributed by atoms with van der Waals surface area (Å²) < 4.78 is 8.67. The highest BCUT2D eigenvalue weighted by molar-refractivity contribution is 5.74. The number of hydrogen-bond donors (Lipinski definition) is 3. The molecule has 1 aliphatic carbocycles. The summed E-state index contributed by atoms with van der Waals surface area (Å²) in [5.74, 6) is 1.16. The third kappa shape index (κ3) is 4.66. The van der Waals surface area contributed by atoms with Crippen LogP contribution in [0.25, 0.3) is 11.2 Å². The van der Waals surface area contributed by atoms with Gasteiger partial charge in [-0.25, -0.2) is 4.79 Å². The highest BCUT2D eigenvalue weighted by Gasteiger charge is 2.22. The number of ether oxygens (including phenoxy) is 1. The van der Waals surface area contributed by atoms with Crippen LogP contribution < -0.4 is 21.3 Å². The zero-order chi connectivity index (χ0) is 22.0. The largest absolute Gasteiger partial charge is 0.491 e.